The first-order valence-corrected chi connectivity index (χ1v) is 9.19. The van der Waals surface area contributed by atoms with E-state index >= 15 is 0 Å². The third-order valence-corrected chi connectivity index (χ3v) is 5.02. The maximum atomic E-state index is 12.1. The van der Waals surface area contributed by atoms with Crippen LogP contribution >= 0.6 is 0 Å². The standard InChI is InChI=1S/C15H23N3O4S/c1-2-22-13-3-5-14(6-4-13)23(20,21)18-8-7-15(19)17-11-12-9-16-10-12/h3-6,12,16,18H,2,7-11H2,1H3,(H,17,19). The van der Waals surface area contributed by atoms with Gasteiger partial charge in [-0.3, -0.25) is 4.79 Å². The van der Waals surface area contributed by atoms with Crippen LogP contribution in [0.15, 0.2) is 29.2 Å². The molecular formula is C15H23N3O4S. The minimum absolute atomic E-state index is 0.0737. The Morgan fingerprint density at radius 1 is 1.30 bits per heavy atom. The van der Waals surface area contributed by atoms with Gasteiger partial charge in [-0.15, -0.1) is 0 Å². The molecule has 1 saturated heterocycles. The highest BCUT2D eigenvalue weighted by Gasteiger charge is 2.18. The van der Waals surface area contributed by atoms with Crippen molar-refractivity contribution in [3.05, 3.63) is 24.3 Å². The summed E-state index contributed by atoms with van der Waals surface area (Å²) in [5.74, 6) is 0.960. The first kappa shape index (κ1) is 17.7. The molecule has 1 heterocycles. The number of ether oxygens (including phenoxy) is 1. The summed E-state index contributed by atoms with van der Waals surface area (Å²) in [6.07, 6.45) is 0.121. The number of hydrogen-bond acceptors (Lipinski definition) is 5. The van der Waals surface area contributed by atoms with Gasteiger partial charge in [-0.05, 0) is 31.2 Å². The Balaban J connectivity index is 1.75. The van der Waals surface area contributed by atoms with Crippen molar-refractivity contribution in [3.63, 3.8) is 0 Å². The lowest BCUT2D eigenvalue weighted by molar-refractivity contribution is -0.121. The topological polar surface area (TPSA) is 96.5 Å². The number of amides is 1. The predicted octanol–water partition coefficient (Wildman–Crippen LogP) is 0.0893. The molecule has 1 aliphatic heterocycles. The van der Waals surface area contributed by atoms with Gasteiger partial charge >= 0.3 is 0 Å². The summed E-state index contributed by atoms with van der Waals surface area (Å²) in [5.41, 5.74) is 0. The highest BCUT2D eigenvalue weighted by molar-refractivity contribution is 7.89. The summed E-state index contributed by atoms with van der Waals surface area (Å²) in [5, 5.41) is 5.93. The Morgan fingerprint density at radius 3 is 2.57 bits per heavy atom. The molecule has 23 heavy (non-hydrogen) atoms. The van der Waals surface area contributed by atoms with E-state index in [4.69, 9.17) is 4.74 Å². The molecule has 0 unspecified atom stereocenters. The van der Waals surface area contributed by atoms with E-state index in [0.29, 0.717) is 24.8 Å². The van der Waals surface area contributed by atoms with Crippen molar-refractivity contribution in [2.24, 2.45) is 5.92 Å². The number of benzene rings is 1. The zero-order valence-corrected chi connectivity index (χ0v) is 14.0. The van der Waals surface area contributed by atoms with E-state index in [2.05, 4.69) is 15.4 Å². The number of nitrogens with one attached hydrogen (secondary N) is 3. The summed E-state index contributed by atoms with van der Waals surface area (Å²) in [6.45, 7) is 4.94. The minimum Gasteiger partial charge on any atom is -0.494 e. The summed E-state index contributed by atoms with van der Waals surface area (Å²) in [6, 6.07) is 6.18. The molecule has 0 aliphatic carbocycles. The number of sulfonamides is 1. The van der Waals surface area contributed by atoms with Gasteiger partial charge in [-0.25, -0.2) is 13.1 Å². The second kappa shape index (κ2) is 8.28. The van der Waals surface area contributed by atoms with E-state index < -0.39 is 10.0 Å². The Hall–Kier alpha value is -1.64. The van der Waals surface area contributed by atoms with Gasteiger partial charge in [-0.1, -0.05) is 0 Å². The summed E-state index contributed by atoms with van der Waals surface area (Å²) in [7, 11) is -3.61. The van der Waals surface area contributed by atoms with Crippen LogP contribution in [0.2, 0.25) is 0 Å². The molecule has 0 spiro atoms. The zero-order valence-electron chi connectivity index (χ0n) is 13.2. The van der Waals surface area contributed by atoms with Crippen LogP contribution in [0.3, 0.4) is 0 Å². The van der Waals surface area contributed by atoms with Gasteiger partial charge in [-0.2, -0.15) is 0 Å². The number of rotatable bonds is 9. The van der Waals surface area contributed by atoms with E-state index in [9.17, 15) is 13.2 Å². The lowest BCUT2D eigenvalue weighted by Gasteiger charge is -2.27. The van der Waals surface area contributed by atoms with Gasteiger partial charge in [0.15, 0.2) is 0 Å². The molecule has 0 bridgehead atoms. The Kier molecular flexibility index (Phi) is 6.37. The summed E-state index contributed by atoms with van der Waals surface area (Å²) < 4.78 is 31.9. The average molecular weight is 341 g/mol. The maximum absolute atomic E-state index is 12.1. The summed E-state index contributed by atoms with van der Waals surface area (Å²) >= 11 is 0. The molecule has 1 amide bonds. The molecule has 1 aromatic carbocycles. The SMILES string of the molecule is CCOc1ccc(S(=O)(=O)NCCC(=O)NCC2CNC2)cc1. The van der Waals surface area contributed by atoms with Crippen LogP contribution in [-0.2, 0) is 14.8 Å². The van der Waals surface area contributed by atoms with Crippen molar-refractivity contribution in [1.82, 2.24) is 15.4 Å². The van der Waals surface area contributed by atoms with E-state index in [1.165, 1.54) is 12.1 Å². The molecule has 1 aromatic rings. The van der Waals surface area contributed by atoms with Gasteiger partial charge in [0.2, 0.25) is 15.9 Å². The number of hydrogen-bond donors (Lipinski definition) is 3. The smallest absolute Gasteiger partial charge is 0.240 e. The molecule has 1 aliphatic rings. The van der Waals surface area contributed by atoms with Gasteiger partial charge in [0, 0.05) is 38.5 Å². The van der Waals surface area contributed by atoms with Crippen LogP contribution in [-0.4, -0.2) is 47.1 Å². The van der Waals surface area contributed by atoms with Gasteiger partial charge < -0.3 is 15.4 Å². The van der Waals surface area contributed by atoms with Crippen LogP contribution in [0.5, 0.6) is 5.75 Å². The van der Waals surface area contributed by atoms with Crippen molar-refractivity contribution in [2.45, 2.75) is 18.2 Å². The van der Waals surface area contributed by atoms with Crippen LogP contribution < -0.4 is 20.1 Å². The van der Waals surface area contributed by atoms with Crippen molar-refractivity contribution in [1.29, 1.82) is 0 Å². The lowest BCUT2D eigenvalue weighted by atomic mass is 10.0. The molecule has 128 valence electrons. The van der Waals surface area contributed by atoms with E-state index in [1.807, 2.05) is 6.92 Å². The highest BCUT2D eigenvalue weighted by atomic mass is 32.2. The monoisotopic (exact) mass is 341 g/mol. The van der Waals surface area contributed by atoms with Crippen LogP contribution in [0.1, 0.15) is 13.3 Å². The third kappa shape index (κ3) is 5.49. The molecule has 7 nitrogen and oxygen atoms in total. The Labute approximate surface area is 136 Å². The van der Waals surface area contributed by atoms with Crippen molar-refractivity contribution < 1.29 is 17.9 Å². The number of carbonyl (C=O) groups excluding carboxylic acids is 1. The second-order valence-corrected chi connectivity index (χ2v) is 7.15. The molecule has 0 radical (unpaired) electrons. The largest absolute Gasteiger partial charge is 0.494 e. The molecular weight excluding hydrogens is 318 g/mol. The fourth-order valence-corrected chi connectivity index (χ4v) is 3.14. The Morgan fingerprint density at radius 2 is 2.00 bits per heavy atom. The van der Waals surface area contributed by atoms with Crippen molar-refractivity contribution in [2.75, 3.05) is 32.8 Å². The molecule has 0 saturated carbocycles. The predicted molar refractivity (Wildman–Crippen MR) is 86.8 cm³/mol. The fourth-order valence-electron chi connectivity index (χ4n) is 2.10. The second-order valence-electron chi connectivity index (χ2n) is 5.38. The molecule has 0 aromatic heterocycles. The van der Waals surface area contributed by atoms with Crippen LogP contribution in [0, 0.1) is 5.92 Å². The normalized spacial score (nSPS) is 15.0. The lowest BCUT2D eigenvalue weighted by Crippen LogP contribution is -2.48. The molecule has 0 atom stereocenters. The van der Waals surface area contributed by atoms with E-state index in [1.54, 1.807) is 12.1 Å². The Bertz CT molecular complexity index is 612. The fraction of sp³-hybridized carbons (Fsp3) is 0.533. The van der Waals surface area contributed by atoms with Gasteiger partial charge in [0.05, 0.1) is 11.5 Å². The first-order chi connectivity index (χ1) is 11.0. The third-order valence-electron chi connectivity index (χ3n) is 3.54. The maximum Gasteiger partial charge on any atom is 0.240 e. The summed E-state index contributed by atoms with van der Waals surface area (Å²) in [4.78, 5) is 11.8. The minimum atomic E-state index is -3.61. The van der Waals surface area contributed by atoms with E-state index in [-0.39, 0.29) is 23.8 Å². The van der Waals surface area contributed by atoms with Crippen molar-refractivity contribution >= 4 is 15.9 Å². The molecule has 2 rings (SSSR count). The van der Waals surface area contributed by atoms with E-state index in [0.717, 1.165) is 13.1 Å². The molecule has 8 heteroatoms. The number of carbonyl (C=O) groups is 1. The van der Waals surface area contributed by atoms with Crippen molar-refractivity contribution in [3.8, 4) is 5.75 Å². The zero-order chi connectivity index (χ0) is 16.7. The quantitative estimate of drug-likeness (QED) is 0.591. The first-order valence-electron chi connectivity index (χ1n) is 7.71. The van der Waals surface area contributed by atoms with Gasteiger partial charge in [0.1, 0.15) is 5.75 Å². The van der Waals surface area contributed by atoms with Crippen LogP contribution in [0.4, 0.5) is 0 Å². The van der Waals surface area contributed by atoms with Crippen LogP contribution in [0.25, 0.3) is 0 Å². The molecule has 1 fully saturated rings. The van der Waals surface area contributed by atoms with Gasteiger partial charge in [0.25, 0.3) is 0 Å². The average Bonchev–Trinajstić information content (AvgIpc) is 2.46. The molecule has 3 N–H and O–H groups in total. The highest BCUT2D eigenvalue weighted by Crippen LogP contribution is 2.15.